The second-order valence-corrected chi connectivity index (χ2v) is 3.35. The number of ether oxygens (including phenoxy) is 1. The molecule has 0 amide bonds. The Morgan fingerprint density at radius 2 is 2.47 bits per heavy atom. The van der Waals surface area contributed by atoms with E-state index < -0.39 is 0 Å². The zero-order valence-corrected chi connectivity index (χ0v) is 9.16. The van der Waals surface area contributed by atoms with Crippen LogP contribution in [0.4, 0.5) is 0 Å². The number of aryl methyl sites for hydroxylation is 1. The molecular formula is C12H16N2O. The molecule has 1 unspecified atom stereocenters. The number of hydrogen-bond acceptors (Lipinski definition) is 3. The molecule has 1 N–H and O–H groups in total. The van der Waals surface area contributed by atoms with Gasteiger partial charge in [-0.25, -0.2) is 0 Å². The predicted octanol–water partition coefficient (Wildman–Crippen LogP) is 1.38. The molecule has 0 aliphatic carbocycles. The summed E-state index contributed by atoms with van der Waals surface area (Å²) in [6.45, 7) is 5.23. The molecule has 3 heteroatoms. The van der Waals surface area contributed by atoms with Crippen molar-refractivity contribution in [2.75, 3.05) is 13.1 Å². The van der Waals surface area contributed by atoms with Gasteiger partial charge in [0, 0.05) is 12.7 Å². The van der Waals surface area contributed by atoms with E-state index in [1.807, 2.05) is 26.0 Å². The van der Waals surface area contributed by atoms with Crippen LogP contribution < -0.4 is 10.1 Å². The van der Waals surface area contributed by atoms with E-state index in [0.717, 1.165) is 18.0 Å². The summed E-state index contributed by atoms with van der Waals surface area (Å²) in [5.74, 6) is 3.35. The lowest BCUT2D eigenvalue weighted by molar-refractivity contribution is 0.217. The highest BCUT2D eigenvalue weighted by Gasteiger charge is 2.05. The summed E-state index contributed by atoms with van der Waals surface area (Å²) in [5, 5.41) is 3.09. The standard InChI is InChI=1S/C12H16N2O/c1-4-7-13-9-10(2)15-12-6-5-8-14-11(12)3/h1,5-6,8,10,13H,7,9H2,2-3H3. The summed E-state index contributed by atoms with van der Waals surface area (Å²) < 4.78 is 5.70. The van der Waals surface area contributed by atoms with Gasteiger partial charge in [0.15, 0.2) is 0 Å². The molecule has 0 radical (unpaired) electrons. The SMILES string of the molecule is C#CCNCC(C)Oc1cccnc1C. The molecule has 0 spiro atoms. The first-order chi connectivity index (χ1) is 7.24. The van der Waals surface area contributed by atoms with Crippen molar-refractivity contribution >= 4 is 0 Å². The van der Waals surface area contributed by atoms with Crippen molar-refractivity contribution in [2.24, 2.45) is 0 Å². The molecule has 0 aliphatic rings. The fourth-order valence-corrected chi connectivity index (χ4v) is 1.20. The average molecular weight is 204 g/mol. The first kappa shape index (κ1) is 11.5. The molecule has 3 nitrogen and oxygen atoms in total. The van der Waals surface area contributed by atoms with E-state index in [1.165, 1.54) is 0 Å². The van der Waals surface area contributed by atoms with Gasteiger partial charge in [-0.3, -0.25) is 4.98 Å². The van der Waals surface area contributed by atoms with Gasteiger partial charge in [-0.2, -0.15) is 0 Å². The van der Waals surface area contributed by atoms with Gasteiger partial charge in [-0.05, 0) is 26.0 Å². The van der Waals surface area contributed by atoms with E-state index in [4.69, 9.17) is 11.2 Å². The molecule has 80 valence electrons. The maximum Gasteiger partial charge on any atom is 0.140 e. The van der Waals surface area contributed by atoms with Crippen molar-refractivity contribution < 1.29 is 4.74 Å². The monoisotopic (exact) mass is 204 g/mol. The quantitative estimate of drug-likeness (QED) is 0.581. The summed E-state index contributed by atoms with van der Waals surface area (Å²) in [7, 11) is 0. The van der Waals surface area contributed by atoms with Crippen LogP contribution in [0.15, 0.2) is 18.3 Å². The van der Waals surface area contributed by atoms with Crippen molar-refractivity contribution in [3.05, 3.63) is 24.0 Å². The summed E-state index contributed by atoms with van der Waals surface area (Å²) in [4.78, 5) is 4.15. The molecule has 1 aromatic heterocycles. The number of pyridine rings is 1. The highest BCUT2D eigenvalue weighted by atomic mass is 16.5. The fraction of sp³-hybridized carbons (Fsp3) is 0.417. The zero-order chi connectivity index (χ0) is 11.1. The summed E-state index contributed by atoms with van der Waals surface area (Å²) in [6, 6.07) is 3.78. The molecule has 1 heterocycles. The fourth-order valence-electron chi connectivity index (χ4n) is 1.20. The Bertz CT molecular complexity index is 344. The minimum absolute atomic E-state index is 0.0845. The molecular weight excluding hydrogens is 188 g/mol. The van der Waals surface area contributed by atoms with Crippen molar-refractivity contribution in [3.63, 3.8) is 0 Å². The Morgan fingerprint density at radius 3 is 3.13 bits per heavy atom. The Morgan fingerprint density at radius 1 is 1.67 bits per heavy atom. The lowest BCUT2D eigenvalue weighted by Crippen LogP contribution is -2.29. The van der Waals surface area contributed by atoms with E-state index in [0.29, 0.717) is 6.54 Å². The average Bonchev–Trinajstić information content (AvgIpc) is 2.22. The van der Waals surface area contributed by atoms with E-state index >= 15 is 0 Å². The number of hydrogen-bond donors (Lipinski definition) is 1. The Hall–Kier alpha value is -1.53. The number of aromatic nitrogens is 1. The van der Waals surface area contributed by atoms with Crippen LogP contribution in [-0.4, -0.2) is 24.2 Å². The number of nitrogens with one attached hydrogen (secondary N) is 1. The first-order valence-electron chi connectivity index (χ1n) is 4.96. The van der Waals surface area contributed by atoms with Gasteiger partial charge < -0.3 is 10.1 Å². The van der Waals surface area contributed by atoms with Gasteiger partial charge in [0.05, 0.1) is 12.2 Å². The summed E-state index contributed by atoms with van der Waals surface area (Å²) >= 11 is 0. The topological polar surface area (TPSA) is 34.1 Å². The molecule has 0 bridgehead atoms. The van der Waals surface area contributed by atoms with Crippen molar-refractivity contribution in [2.45, 2.75) is 20.0 Å². The van der Waals surface area contributed by atoms with E-state index in [2.05, 4.69) is 16.2 Å². The van der Waals surface area contributed by atoms with Crippen LogP contribution in [0.3, 0.4) is 0 Å². The Balaban J connectivity index is 2.41. The molecule has 0 fully saturated rings. The normalized spacial score (nSPS) is 11.8. The lowest BCUT2D eigenvalue weighted by Gasteiger charge is -2.15. The van der Waals surface area contributed by atoms with Crippen LogP contribution in [0.1, 0.15) is 12.6 Å². The number of terminal acetylenes is 1. The number of rotatable bonds is 5. The molecule has 0 saturated carbocycles. The maximum absolute atomic E-state index is 5.70. The van der Waals surface area contributed by atoms with Crippen LogP contribution in [0, 0.1) is 19.3 Å². The largest absolute Gasteiger partial charge is 0.487 e. The van der Waals surface area contributed by atoms with Crippen molar-refractivity contribution in [3.8, 4) is 18.1 Å². The van der Waals surface area contributed by atoms with Crippen LogP contribution in [0.25, 0.3) is 0 Å². The molecule has 15 heavy (non-hydrogen) atoms. The molecule has 1 rings (SSSR count). The van der Waals surface area contributed by atoms with Gasteiger partial charge in [0.2, 0.25) is 0 Å². The Labute approximate surface area is 90.9 Å². The van der Waals surface area contributed by atoms with E-state index in [1.54, 1.807) is 6.20 Å². The van der Waals surface area contributed by atoms with Gasteiger partial charge in [-0.1, -0.05) is 5.92 Å². The lowest BCUT2D eigenvalue weighted by atomic mass is 10.3. The van der Waals surface area contributed by atoms with Gasteiger partial charge >= 0.3 is 0 Å². The van der Waals surface area contributed by atoms with Crippen LogP contribution in [0.5, 0.6) is 5.75 Å². The molecule has 0 aromatic carbocycles. The third-order valence-electron chi connectivity index (χ3n) is 1.95. The zero-order valence-electron chi connectivity index (χ0n) is 9.16. The smallest absolute Gasteiger partial charge is 0.140 e. The second-order valence-electron chi connectivity index (χ2n) is 3.35. The van der Waals surface area contributed by atoms with Crippen LogP contribution >= 0.6 is 0 Å². The van der Waals surface area contributed by atoms with Gasteiger partial charge in [-0.15, -0.1) is 6.42 Å². The molecule has 0 saturated heterocycles. The minimum atomic E-state index is 0.0845. The predicted molar refractivity (Wildman–Crippen MR) is 60.8 cm³/mol. The molecule has 1 aromatic rings. The molecule has 0 aliphatic heterocycles. The summed E-state index contributed by atoms with van der Waals surface area (Å²) in [6.07, 6.45) is 6.97. The maximum atomic E-state index is 5.70. The number of nitrogens with zero attached hydrogens (tertiary/aromatic N) is 1. The Kier molecular flexibility index (Phi) is 4.65. The van der Waals surface area contributed by atoms with Crippen molar-refractivity contribution in [1.82, 2.24) is 10.3 Å². The van der Waals surface area contributed by atoms with E-state index in [9.17, 15) is 0 Å². The van der Waals surface area contributed by atoms with E-state index in [-0.39, 0.29) is 6.10 Å². The third-order valence-corrected chi connectivity index (χ3v) is 1.95. The highest BCUT2D eigenvalue weighted by molar-refractivity contribution is 5.25. The van der Waals surface area contributed by atoms with Gasteiger partial charge in [0.1, 0.15) is 11.9 Å². The van der Waals surface area contributed by atoms with Gasteiger partial charge in [0.25, 0.3) is 0 Å². The summed E-state index contributed by atoms with van der Waals surface area (Å²) in [5.41, 5.74) is 0.904. The van der Waals surface area contributed by atoms with Crippen LogP contribution in [0.2, 0.25) is 0 Å². The second kappa shape index (κ2) is 6.05. The van der Waals surface area contributed by atoms with Crippen molar-refractivity contribution in [1.29, 1.82) is 0 Å². The minimum Gasteiger partial charge on any atom is -0.487 e. The highest BCUT2D eigenvalue weighted by Crippen LogP contribution is 2.14. The first-order valence-corrected chi connectivity index (χ1v) is 4.96. The van der Waals surface area contributed by atoms with Crippen LogP contribution in [-0.2, 0) is 0 Å². The molecule has 1 atom stereocenters. The third kappa shape index (κ3) is 4.01.